The Balaban J connectivity index is 1.85. The van der Waals surface area contributed by atoms with Gasteiger partial charge in [0.15, 0.2) is 5.65 Å². The molecule has 1 aliphatic carbocycles. The third-order valence-corrected chi connectivity index (χ3v) is 4.58. The number of aromatic amines is 2. The van der Waals surface area contributed by atoms with Crippen molar-refractivity contribution < 1.29 is 0 Å². The second-order valence-electron chi connectivity index (χ2n) is 6.11. The highest BCUT2D eigenvalue weighted by Gasteiger charge is 2.24. The predicted molar refractivity (Wildman–Crippen MR) is 86.4 cm³/mol. The van der Waals surface area contributed by atoms with E-state index >= 15 is 0 Å². The Bertz CT molecular complexity index is 870. The van der Waals surface area contributed by atoms with Gasteiger partial charge in [-0.25, -0.2) is 14.6 Å². The number of nitrogens with one attached hydrogen (secondary N) is 2. The fourth-order valence-electron chi connectivity index (χ4n) is 3.45. The number of fused-ring (bicyclic) bond motifs is 1. The molecule has 0 spiro atoms. The van der Waals surface area contributed by atoms with E-state index in [9.17, 15) is 4.79 Å². The molecule has 3 aromatic rings. The smallest absolute Gasteiger partial charge is 0.262 e. The van der Waals surface area contributed by atoms with Gasteiger partial charge in [0.25, 0.3) is 5.56 Å². The molecule has 0 radical (unpaired) electrons. The van der Waals surface area contributed by atoms with Crippen LogP contribution in [0.15, 0.2) is 17.2 Å². The first-order chi connectivity index (χ1) is 11.3. The number of aryl methyl sites for hydroxylation is 1. The van der Waals surface area contributed by atoms with Gasteiger partial charge in [-0.2, -0.15) is 5.10 Å². The molecule has 23 heavy (non-hydrogen) atoms. The molecule has 0 aromatic carbocycles. The summed E-state index contributed by atoms with van der Waals surface area (Å²) in [6, 6.07) is 0.364. The predicted octanol–water partition coefficient (Wildman–Crippen LogP) is 2.11. The highest BCUT2D eigenvalue weighted by Crippen LogP contribution is 2.31. The van der Waals surface area contributed by atoms with Gasteiger partial charge in [0.2, 0.25) is 0 Å². The van der Waals surface area contributed by atoms with Crippen LogP contribution in [0.1, 0.15) is 56.0 Å². The lowest BCUT2D eigenvalue weighted by Crippen LogP contribution is -2.15. The number of nitrogens with zero attached hydrogens (tertiary/aromatic N) is 4. The summed E-state index contributed by atoms with van der Waals surface area (Å²) >= 11 is 0. The van der Waals surface area contributed by atoms with Crippen LogP contribution in [0.4, 0.5) is 0 Å². The molecule has 3 heterocycles. The van der Waals surface area contributed by atoms with Gasteiger partial charge in [0.1, 0.15) is 17.0 Å². The van der Waals surface area contributed by atoms with Gasteiger partial charge in [-0.3, -0.25) is 4.79 Å². The zero-order valence-electron chi connectivity index (χ0n) is 13.2. The zero-order chi connectivity index (χ0) is 15.8. The van der Waals surface area contributed by atoms with Crippen molar-refractivity contribution in [2.75, 3.05) is 0 Å². The molecule has 7 nitrogen and oxygen atoms in total. The van der Waals surface area contributed by atoms with E-state index in [2.05, 4.69) is 15.0 Å². The van der Waals surface area contributed by atoms with Crippen molar-refractivity contribution in [3.8, 4) is 0 Å². The number of hydrogen-bond acceptors (Lipinski definition) is 4. The molecular formula is C16H20N6O. The van der Waals surface area contributed by atoms with Crippen molar-refractivity contribution in [2.45, 2.75) is 51.5 Å². The van der Waals surface area contributed by atoms with Crippen LogP contribution >= 0.6 is 0 Å². The average molecular weight is 312 g/mol. The summed E-state index contributed by atoms with van der Waals surface area (Å²) in [7, 11) is 0. The van der Waals surface area contributed by atoms with E-state index in [1.54, 1.807) is 12.4 Å². The molecule has 1 aliphatic rings. The van der Waals surface area contributed by atoms with Gasteiger partial charge in [0.05, 0.1) is 18.2 Å². The van der Waals surface area contributed by atoms with E-state index in [4.69, 9.17) is 10.1 Å². The van der Waals surface area contributed by atoms with Gasteiger partial charge in [-0.1, -0.05) is 19.8 Å². The lowest BCUT2D eigenvalue weighted by Gasteiger charge is -2.10. The maximum Gasteiger partial charge on any atom is 0.262 e. The highest BCUT2D eigenvalue weighted by molar-refractivity contribution is 5.77. The standard InChI is InChI=1S/C16H20N6O/c1-2-11-14-15(22(21-11)10-5-3-4-6-10)19-13(20-16(14)23)9-12-17-7-8-18-12/h7-8,10H,2-6,9H2,1H3,(H,17,18)(H,19,20,23). The topological polar surface area (TPSA) is 92.2 Å². The van der Waals surface area contributed by atoms with E-state index < -0.39 is 0 Å². The first-order valence-electron chi connectivity index (χ1n) is 8.24. The number of imidazole rings is 1. The molecule has 1 fully saturated rings. The van der Waals surface area contributed by atoms with Gasteiger partial charge in [-0.15, -0.1) is 0 Å². The third-order valence-electron chi connectivity index (χ3n) is 4.58. The van der Waals surface area contributed by atoms with Crippen molar-refractivity contribution in [2.24, 2.45) is 0 Å². The van der Waals surface area contributed by atoms with Gasteiger partial charge in [-0.05, 0) is 19.3 Å². The van der Waals surface area contributed by atoms with Gasteiger partial charge < -0.3 is 9.97 Å². The van der Waals surface area contributed by atoms with Crippen molar-refractivity contribution in [3.63, 3.8) is 0 Å². The van der Waals surface area contributed by atoms with Crippen LogP contribution in [-0.2, 0) is 12.8 Å². The Kier molecular flexibility index (Phi) is 3.48. The first-order valence-corrected chi connectivity index (χ1v) is 8.24. The Morgan fingerprint density at radius 3 is 2.83 bits per heavy atom. The maximum atomic E-state index is 12.6. The number of hydrogen-bond donors (Lipinski definition) is 2. The molecule has 120 valence electrons. The minimum Gasteiger partial charge on any atom is -0.348 e. The van der Waals surface area contributed by atoms with E-state index in [0.29, 0.717) is 23.7 Å². The van der Waals surface area contributed by atoms with E-state index in [1.807, 2.05) is 11.6 Å². The molecule has 0 atom stereocenters. The van der Waals surface area contributed by atoms with Gasteiger partial charge in [0, 0.05) is 12.4 Å². The van der Waals surface area contributed by atoms with E-state index in [0.717, 1.165) is 36.4 Å². The Hall–Kier alpha value is -2.44. The second-order valence-corrected chi connectivity index (χ2v) is 6.11. The largest absolute Gasteiger partial charge is 0.348 e. The number of rotatable bonds is 4. The van der Waals surface area contributed by atoms with Crippen LogP contribution in [0.3, 0.4) is 0 Å². The fourth-order valence-corrected chi connectivity index (χ4v) is 3.45. The molecule has 7 heteroatoms. The van der Waals surface area contributed by atoms with Crippen LogP contribution < -0.4 is 5.56 Å². The summed E-state index contributed by atoms with van der Waals surface area (Å²) < 4.78 is 1.99. The summed E-state index contributed by atoms with van der Waals surface area (Å²) in [4.78, 5) is 27.4. The molecule has 0 saturated heterocycles. The maximum absolute atomic E-state index is 12.6. The Morgan fingerprint density at radius 1 is 1.30 bits per heavy atom. The SMILES string of the molecule is CCc1nn(C2CCCC2)c2nc(Cc3ncc[nH]3)[nH]c(=O)c12. The van der Waals surface area contributed by atoms with E-state index in [-0.39, 0.29) is 5.56 Å². The molecule has 0 bridgehead atoms. The van der Waals surface area contributed by atoms with Crippen molar-refractivity contribution >= 4 is 11.0 Å². The third kappa shape index (κ3) is 2.46. The number of aromatic nitrogens is 6. The number of H-pyrrole nitrogens is 2. The molecule has 3 aromatic heterocycles. The van der Waals surface area contributed by atoms with Gasteiger partial charge >= 0.3 is 0 Å². The fraction of sp³-hybridized carbons (Fsp3) is 0.500. The Morgan fingerprint density at radius 2 is 2.13 bits per heavy atom. The lowest BCUT2D eigenvalue weighted by molar-refractivity contribution is 0.474. The zero-order valence-corrected chi connectivity index (χ0v) is 13.2. The molecule has 1 saturated carbocycles. The van der Waals surface area contributed by atoms with Crippen LogP contribution in [0.2, 0.25) is 0 Å². The van der Waals surface area contributed by atoms with E-state index in [1.165, 1.54) is 12.8 Å². The molecule has 0 aliphatic heterocycles. The van der Waals surface area contributed by atoms with Crippen LogP contribution in [0, 0.1) is 0 Å². The molecule has 2 N–H and O–H groups in total. The molecule has 0 unspecified atom stereocenters. The summed E-state index contributed by atoms with van der Waals surface area (Å²) in [6.45, 7) is 2.02. The van der Waals surface area contributed by atoms with Crippen molar-refractivity contribution in [3.05, 3.63) is 40.1 Å². The minimum atomic E-state index is -0.0994. The monoisotopic (exact) mass is 312 g/mol. The molecule has 0 amide bonds. The van der Waals surface area contributed by atoms with Crippen LogP contribution in [0.5, 0.6) is 0 Å². The summed E-state index contributed by atoms with van der Waals surface area (Å²) in [5, 5.41) is 5.34. The van der Waals surface area contributed by atoms with Crippen LogP contribution in [-0.4, -0.2) is 29.7 Å². The van der Waals surface area contributed by atoms with Crippen molar-refractivity contribution in [1.82, 2.24) is 29.7 Å². The molecule has 4 rings (SSSR count). The average Bonchev–Trinajstić information content (AvgIpc) is 3.27. The lowest BCUT2D eigenvalue weighted by atomic mass is 10.2. The normalized spacial score (nSPS) is 15.7. The minimum absolute atomic E-state index is 0.0994. The quantitative estimate of drug-likeness (QED) is 0.771. The molecular weight excluding hydrogens is 292 g/mol. The summed E-state index contributed by atoms with van der Waals surface area (Å²) in [6.07, 6.45) is 9.34. The van der Waals surface area contributed by atoms with Crippen molar-refractivity contribution in [1.29, 1.82) is 0 Å². The highest BCUT2D eigenvalue weighted by atomic mass is 16.1. The van der Waals surface area contributed by atoms with Crippen LogP contribution in [0.25, 0.3) is 11.0 Å². The first kappa shape index (κ1) is 14.2. The summed E-state index contributed by atoms with van der Waals surface area (Å²) in [5.41, 5.74) is 1.46. The Labute approximate surface area is 133 Å². The second kappa shape index (κ2) is 5.64. The summed E-state index contributed by atoms with van der Waals surface area (Å²) in [5.74, 6) is 1.41.